The summed E-state index contributed by atoms with van der Waals surface area (Å²) >= 11 is 0.213. The molecule has 0 spiro atoms. The van der Waals surface area contributed by atoms with Crippen molar-refractivity contribution in [3.05, 3.63) is 0 Å². The van der Waals surface area contributed by atoms with Crippen molar-refractivity contribution in [1.29, 1.82) is 0 Å². The molecule has 0 N–H and O–H groups in total. The molecule has 0 heterocycles. The van der Waals surface area contributed by atoms with Crippen LogP contribution in [0.1, 0.15) is 0 Å². The van der Waals surface area contributed by atoms with Gasteiger partial charge in [-0.05, 0) is 14.1 Å². The Labute approximate surface area is 35.6 Å². The van der Waals surface area contributed by atoms with Gasteiger partial charge >= 0.3 is 0 Å². The SMILES string of the molecule is CN(C)SF. The molecule has 0 aliphatic heterocycles. The predicted molar refractivity (Wildman–Crippen MR) is 22.4 cm³/mol. The monoisotopic (exact) mass is 95.0 g/mol. The van der Waals surface area contributed by atoms with Gasteiger partial charge in [-0.2, -0.15) is 0 Å². The van der Waals surface area contributed by atoms with Gasteiger partial charge in [0.1, 0.15) is 12.3 Å². The average molecular weight is 95.1 g/mol. The van der Waals surface area contributed by atoms with Gasteiger partial charge in [0.15, 0.2) is 0 Å². The standard InChI is InChI=1S/C2H6FNS/c1-4(2)5-3/h1-2H3. The lowest BCUT2D eigenvalue weighted by atomic mass is 11.3. The second kappa shape index (κ2) is 2.48. The summed E-state index contributed by atoms with van der Waals surface area (Å²) in [5, 5.41) is 0. The molecule has 3 heteroatoms. The van der Waals surface area contributed by atoms with Crippen molar-refractivity contribution in [2.24, 2.45) is 0 Å². The first-order chi connectivity index (χ1) is 2.27. The van der Waals surface area contributed by atoms with E-state index in [1.54, 1.807) is 14.1 Å². The minimum Gasteiger partial charge on any atom is -0.228 e. The topological polar surface area (TPSA) is 3.24 Å². The van der Waals surface area contributed by atoms with Crippen molar-refractivity contribution in [2.45, 2.75) is 0 Å². The molecule has 0 saturated carbocycles. The Bertz CT molecular complexity index is 23.6. The predicted octanol–water partition coefficient (Wildman–Crippen LogP) is 1.08. The second-order valence-electron chi connectivity index (χ2n) is 0.881. The molecule has 0 aromatic heterocycles. The van der Waals surface area contributed by atoms with E-state index in [0.717, 1.165) is 0 Å². The van der Waals surface area contributed by atoms with Gasteiger partial charge in [-0.1, -0.05) is 0 Å². The summed E-state index contributed by atoms with van der Waals surface area (Å²) in [7, 11) is 3.29. The number of nitrogens with zero attached hydrogens (tertiary/aromatic N) is 1. The first kappa shape index (κ1) is 5.24. The van der Waals surface area contributed by atoms with Gasteiger partial charge < -0.3 is 0 Å². The van der Waals surface area contributed by atoms with Crippen molar-refractivity contribution in [2.75, 3.05) is 14.1 Å². The highest BCUT2D eigenvalue weighted by Crippen LogP contribution is 2.00. The van der Waals surface area contributed by atoms with Crippen LogP contribution in [0.4, 0.5) is 3.89 Å². The molecule has 0 bridgehead atoms. The maximum Gasteiger partial charge on any atom is 0.133 e. The van der Waals surface area contributed by atoms with Crippen LogP contribution < -0.4 is 0 Å². The Morgan fingerprint density at radius 3 is 1.80 bits per heavy atom. The summed E-state index contributed by atoms with van der Waals surface area (Å²) in [6.45, 7) is 0. The van der Waals surface area contributed by atoms with Crippen molar-refractivity contribution in [1.82, 2.24) is 4.31 Å². The maximum atomic E-state index is 11.0. The number of hydrogen-bond donors (Lipinski definition) is 0. The summed E-state index contributed by atoms with van der Waals surface area (Å²) in [4.78, 5) is 0. The normalized spacial score (nSPS) is 9.60. The molecule has 0 radical (unpaired) electrons. The average Bonchev–Trinajstić information content (AvgIpc) is 1.38. The fraction of sp³-hybridized carbons (Fsp3) is 1.00. The molecule has 0 aliphatic rings. The van der Waals surface area contributed by atoms with Crippen LogP contribution in [-0.2, 0) is 0 Å². The molecule has 32 valence electrons. The summed E-state index contributed by atoms with van der Waals surface area (Å²) in [6.07, 6.45) is 0. The molecular weight excluding hydrogens is 89.1 g/mol. The third-order valence-corrected chi connectivity index (χ3v) is 0.414. The first-order valence-corrected chi connectivity index (χ1v) is 1.91. The Morgan fingerprint density at radius 1 is 1.60 bits per heavy atom. The van der Waals surface area contributed by atoms with E-state index >= 15 is 0 Å². The van der Waals surface area contributed by atoms with E-state index in [-0.39, 0.29) is 12.3 Å². The van der Waals surface area contributed by atoms with Crippen molar-refractivity contribution < 1.29 is 3.89 Å². The Balaban J connectivity index is 2.54. The molecule has 0 amide bonds. The Hall–Kier alpha value is 0.240. The van der Waals surface area contributed by atoms with E-state index in [9.17, 15) is 3.89 Å². The highest BCUT2D eigenvalue weighted by molar-refractivity contribution is 7.91. The summed E-state index contributed by atoms with van der Waals surface area (Å²) in [5.74, 6) is 0. The van der Waals surface area contributed by atoms with Gasteiger partial charge in [-0.3, -0.25) is 0 Å². The van der Waals surface area contributed by atoms with Gasteiger partial charge in [0.2, 0.25) is 0 Å². The van der Waals surface area contributed by atoms with Crippen LogP contribution in [-0.4, -0.2) is 18.4 Å². The van der Waals surface area contributed by atoms with Gasteiger partial charge in [-0.25, -0.2) is 4.31 Å². The van der Waals surface area contributed by atoms with Crippen LogP contribution >= 0.6 is 12.3 Å². The smallest absolute Gasteiger partial charge is 0.133 e. The lowest BCUT2D eigenvalue weighted by Crippen LogP contribution is -1.94. The van der Waals surface area contributed by atoms with Crippen molar-refractivity contribution >= 4 is 12.3 Å². The van der Waals surface area contributed by atoms with E-state index in [0.29, 0.717) is 0 Å². The Morgan fingerprint density at radius 2 is 1.80 bits per heavy atom. The highest BCUT2D eigenvalue weighted by atomic mass is 32.2. The molecule has 1 nitrogen and oxygen atoms in total. The molecule has 0 aromatic rings. The molecular formula is C2H6FNS. The van der Waals surface area contributed by atoms with Crippen LogP contribution in [0.2, 0.25) is 0 Å². The van der Waals surface area contributed by atoms with Crippen LogP contribution in [0.3, 0.4) is 0 Å². The van der Waals surface area contributed by atoms with Gasteiger partial charge in [0.25, 0.3) is 0 Å². The summed E-state index contributed by atoms with van der Waals surface area (Å²) in [6, 6.07) is 0. The van der Waals surface area contributed by atoms with Crippen LogP contribution in [0, 0.1) is 0 Å². The van der Waals surface area contributed by atoms with E-state index < -0.39 is 0 Å². The number of hydrogen-bond acceptors (Lipinski definition) is 2. The van der Waals surface area contributed by atoms with Crippen LogP contribution in [0.5, 0.6) is 0 Å². The Kier molecular flexibility index (Phi) is 2.59. The van der Waals surface area contributed by atoms with E-state index in [1.165, 1.54) is 4.31 Å². The number of rotatable bonds is 1. The summed E-state index contributed by atoms with van der Waals surface area (Å²) < 4.78 is 12.3. The molecule has 0 fully saturated rings. The van der Waals surface area contributed by atoms with Crippen LogP contribution in [0.15, 0.2) is 0 Å². The van der Waals surface area contributed by atoms with Gasteiger partial charge in [0, 0.05) is 0 Å². The molecule has 0 aromatic carbocycles. The van der Waals surface area contributed by atoms with Gasteiger partial charge in [-0.15, -0.1) is 3.89 Å². The van der Waals surface area contributed by atoms with Crippen molar-refractivity contribution in [3.63, 3.8) is 0 Å². The summed E-state index contributed by atoms with van der Waals surface area (Å²) in [5.41, 5.74) is 0. The zero-order valence-electron chi connectivity index (χ0n) is 3.23. The third-order valence-electron chi connectivity index (χ3n) is 0.138. The molecule has 0 rings (SSSR count). The van der Waals surface area contributed by atoms with E-state index in [2.05, 4.69) is 0 Å². The zero-order valence-corrected chi connectivity index (χ0v) is 4.05. The quantitative estimate of drug-likeness (QED) is 0.448. The molecule has 0 unspecified atom stereocenters. The largest absolute Gasteiger partial charge is 0.228 e. The lowest BCUT2D eigenvalue weighted by molar-refractivity contribution is 0.667. The van der Waals surface area contributed by atoms with Gasteiger partial charge in [0.05, 0.1) is 0 Å². The maximum absolute atomic E-state index is 11.0. The van der Waals surface area contributed by atoms with E-state index in [1.807, 2.05) is 0 Å². The zero-order chi connectivity index (χ0) is 4.28. The minimum absolute atomic E-state index is 0.213. The van der Waals surface area contributed by atoms with Crippen LogP contribution in [0.25, 0.3) is 0 Å². The highest BCUT2D eigenvalue weighted by Gasteiger charge is 1.78. The minimum atomic E-state index is 0.213. The fourth-order valence-corrected chi connectivity index (χ4v) is 0. The molecule has 0 atom stereocenters. The third kappa shape index (κ3) is 4.24. The van der Waals surface area contributed by atoms with Crippen molar-refractivity contribution in [3.8, 4) is 0 Å². The molecule has 0 aliphatic carbocycles. The number of halogens is 1. The first-order valence-electron chi connectivity index (χ1n) is 1.23. The van der Waals surface area contributed by atoms with E-state index in [4.69, 9.17) is 0 Å². The molecule has 0 saturated heterocycles. The molecule has 5 heavy (non-hydrogen) atoms. The second-order valence-corrected chi connectivity index (χ2v) is 1.75. The fourth-order valence-electron chi connectivity index (χ4n) is 0. The lowest BCUT2D eigenvalue weighted by Gasteiger charge is -1.93.